The van der Waals surface area contributed by atoms with Gasteiger partial charge < -0.3 is 24.2 Å². The zero-order valence-corrected chi connectivity index (χ0v) is 26.8. The molecule has 5 rings (SSSR count). The van der Waals surface area contributed by atoms with Gasteiger partial charge in [-0.1, -0.05) is 28.1 Å². The Bertz CT molecular complexity index is 1570. The Morgan fingerprint density at radius 3 is 1.96 bits per heavy atom. The number of ether oxygens (including phenoxy) is 3. The number of epoxide rings is 1. The molecule has 2 fully saturated rings. The van der Waals surface area contributed by atoms with Crippen LogP contribution in [0.4, 0.5) is 5.69 Å². The zero-order valence-electron chi connectivity index (χ0n) is 25.2. The summed E-state index contributed by atoms with van der Waals surface area (Å²) in [5.41, 5.74) is 4.22. The standard InChI is InChI=1S/C22H24BrN3O3.C12H11NO3/c1-29-22(28)21-7-2-16(12-17(21)14-24)13-20(27)15-25-8-10-26(11-9-25)19-5-3-18(23)4-6-19;1-15-12(14)11-3-2-8(4-9(11)6-13)5-10-7-16-10/h2-7,12,20,27H,8-11,13,15H2,1H3;2-4,10H,5,7H2,1H3. The van der Waals surface area contributed by atoms with Crippen molar-refractivity contribution in [3.63, 3.8) is 0 Å². The third-order valence-electron chi connectivity index (χ3n) is 7.59. The molecule has 1 N–H and O–H groups in total. The number of halogens is 1. The van der Waals surface area contributed by atoms with Crippen LogP contribution in [0.15, 0.2) is 65.1 Å². The van der Waals surface area contributed by atoms with Gasteiger partial charge in [0.25, 0.3) is 0 Å². The first-order valence-corrected chi connectivity index (χ1v) is 15.3. The van der Waals surface area contributed by atoms with Crippen LogP contribution in [-0.4, -0.2) is 87.7 Å². The fourth-order valence-corrected chi connectivity index (χ4v) is 5.39. The van der Waals surface area contributed by atoms with Gasteiger partial charge in [-0.3, -0.25) is 4.90 Å². The first-order valence-electron chi connectivity index (χ1n) is 14.5. The number of aliphatic hydroxyl groups is 1. The molecule has 0 aromatic heterocycles. The van der Waals surface area contributed by atoms with E-state index in [9.17, 15) is 20.0 Å². The largest absolute Gasteiger partial charge is 0.465 e. The van der Waals surface area contributed by atoms with E-state index >= 15 is 0 Å². The molecule has 0 radical (unpaired) electrons. The zero-order chi connectivity index (χ0) is 32.3. The average molecular weight is 676 g/mol. The van der Waals surface area contributed by atoms with E-state index in [4.69, 9.17) is 14.7 Å². The number of aliphatic hydroxyl groups excluding tert-OH is 1. The summed E-state index contributed by atoms with van der Waals surface area (Å²) in [6.07, 6.45) is 0.958. The van der Waals surface area contributed by atoms with Gasteiger partial charge in [-0.2, -0.15) is 10.5 Å². The Labute approximate surface area is 271 Å². The fourth-order valence-electron chi connectivity index (χ4n) is 5.12. The van der Waals surface area contributed by atoms with Gasteiger partial charge in [0.2, 0.25) is 0 Å². The summed E-state index contributed by atoms with van der Waals surface area (Å²) in [5.74, 6) is -1.01. The predicted molar refractivity (Wildman–Crippen MR) is 171 cm³/mol. The molecule has 0 spiro atoms. The highest BCUT2D eigenvalue weighted by atomic mass is 79.9. The van der Waals surface area contributed by atoms with Gasteiger partial charge in [0.05, 0.1) is 55.3 Å². The van der Waals surface area contributed by atoms with E-state index in [0.717, 1.165) is 54.8 Å². The molecule has 0 aliphatic carbocycles. The van der Waals surface area contributed by atoms with E-state index in [0.29, 0.717) is 24.1 Å². The molecule has 45 heavy (non-hydrogen) atoms. The maximum atomic E-state index is 11.7. The van der Waals surface area contributed by atoms with Crippen molar-refractivity contribution in [1.82, 2.24) is 4.90 Å². The molecule has 2 aliphatic rings. The first-order chi connectivity index (χ1) is 21.7. The Morgan fingerprint density at radius 2 is 1.44 bits per heavy atom. The molecule has 234 valence electrons. The van der Waals surface area contributed by atoms with E-state index in [1.165, 1.54) is 19.9 Å². The molecule has 2 aliphatic heterocycles. The number of nitrogens with zero attached hydrogens (tertiary/aromatic N) is 4. The lowest BCUT2D eigenvalue weighted by Gasteiger charge is -2.37. The predicted octanol–water partition coefficient (Wildman–Crippen LogP) is 4.12. The van der Waals surface area contributed by atoms with E-state index in [-0.39, 0.29) is 17.2 Å². The van der Waals surface area contributed by atoms with Gasteiger partial charge in [-0.25, -0.2) is 9.59 Å². The highest BCUT2D eigenvalue weighted by molar-refractivity contribution is 9.10. The number of methoxy groups -OCH3 is 2. The van der Waals surface area contributed by atoms with Crippen molar-refractivity contribution in [2.24, 2.45) is 0 Å². The second kappa shape index (κ2) is 16.2. The molecule has 11 heteroatoms. The summed E-state index contributed by atoms with van der Waals surface area (Å²) in [7, 11) is 2.59. The summed E-state index contributed by atoms with van der Waals surface area (Å²) in [6, 6.07) is 22.5. The number of hydrogen-bond donors (Lipinski definition) is 1. The van der Waals surface area contributed by atoms with Crippen LogP contribution in [0.2, 0.25) is 0 Å². The van der Waals surface area contributed by atoms with Crippen LogP contribution in [0.1, 0.15) is 43.0 Å². The second-order valence-electron chi connectivity index (χ2n) is 10.7. The Kier molecular flexibility index (Phi) is 12.1. The van der Waals surface area contributed by atoms with Crippen LogP contribution < -0.4 is 4.90 Å². The highest BCUT2D eigenvalue weighted by Crippen LogP contribution is 2.21. The fraction of sp³-hybridized carbons (Fsp3) is 0.353. The number of rotatable bonds is 9. The van der Waals surface area contributed by atoms with Crippen LogP contribution in [0.3, 0.4) is 0 Å². The van der Waals surface area contributed by atoms with Crippen molar-refractivity contribution in [3.8, 4) is 12.1 Å². The molecule has 2 atom stereocenters. The minimum Gasteiger partial charge on any atom is -0.465 e. The Balaban J connectivity index is 0.000000242. The molecule has 0 amide bonds. The van der Waals surface area contributed by atoms with Crippen molar-refractivity contribution in [3.05, 3.63) is 98.5 Å². The number of anilines is 1. The molecule has 3 aromatic carbocycles. The average Bonchev–Trinajstić information content (AvgIpc) is 3.89. The van der Waals surface area contributed by atoms with Gasteiger partial charge in [-0.05, 0) is 66.1 Å². The topological polar surface area (TPSA) is 139 Å². The van der Waals surface area contributed by atoms with E-state index < -0.39 is 18.0 Å². The minimum atomic E-state index is -0.537. The number of carbonyl (C=O) groups excluding carboxylic acids is 2. The number of β-amino-alcohol motifs (C(OH)–C–C–N with tert-alkyl or cyclic N) is 1. The molecular weight excluding hydrogens is 640 g/mol. The van der Waals surface area contributed by atoms with E-state index in [1.54, 1.807) is 30.3 Å². The molecule has 10 nitrogen and oxygen atoms in total. The summed E-state index contributed by atoms with van der Waals surface area (Å²) >= 11 is 3.46. The molecule has 3 aromatic rings. The minimum absolute atomic E-state index is 0.248. The normalized spacial score (nSPS) is 16.3. The third kappa shape index (κ3) is 9.61. The summed E-state index contributed by atoms with van der Waals surface area (Å²) < 4.78 is 15.5. The van der Waals surface area contributed by atoms with Gasteiger partial charge in [-0.15, -0.1) is 0 Å². The molecule has 0 bridgehead atoms. The smallest absolute Gasteiger partial charge is 0.339 e. The number of carbonyl (C=O) groups is 2. The monoisotopic (exact) mass is 674 g/mol. The Hall–Kier alpha value is -4.26. The SMILES string of the molecule is COC(=O)c1ccc(CC(O)CN2CCN(c3ccc(Br)cc3)CC2)cc1C#N.COC(=O)c1ccc(CC2CO2)cc1C#N. The molecule has 0 saturated carbocycles. The van der Waals surface area contributed by atoms with Crippen LogP contribution >= 0.6 is 15.9 Å². The molecule has 2 unspecified atom stereocenters. The van der Waals surface area contributed by atoms with Gasteiger partial charge in [0.1, 0.15) is 12.1 Å². The van der Waals surface area contributed by atoms with Crippen molar-refractivity contribution in [2.45, 2.75) is 25.0 Å². The van der Waals surface area contributed by atoms with Crippen molar-refractivity contribution in [1.29, 1.82) is 10.5 Å². The highest BCUT2D eigenvalue weighted by Gasteiger charge is 2.24. The lowest BCUT2D eigenvalue weighted by molar-refractivity contribution is 0.0591. The van der Waals surface area contributed by atoms with Gasteiger partial charge >= 0.3 is 11.9 Å². The van der Waals surface area contributed by atoms with Gasteiger partial charge in [0.15, 0.2) is 0 Å². The number of benzene rings is 3. The molecular formula is C34H35BrN4O6. The Morgan fingerprint density at radius 1 is 0.911 bits per heavy atom. The van der Waals surface area contributed by atoms with Crippen LogP contribution in [0, 0.1) is 22.7 Å². The lowest BCUT2D eigenvalue weighted by Crippen LogP contribution is -2.48. The van der Waals surface area contributed by atoms with E-state index in [2.05, 4.69) is 42.6 Å². The quantitative estimate of drug-likeness (QED) is 0.260. The molecule has 2 heterocycles. The first kappa shape index (κ1) is 33.6. The number of nitriles is 2. The third-order valence-corrected chi connectivity index (χ3v) is 8.12. The van der Waals surface area contributed by atoms with Crippen LogP contribution in [-0.2, 0) is 27.1 Å². The summed E-state index contributed by atoms with van der Waals surface area (Å²) in [4.78, 5) is 27.6. The number of esters is 2. The number of hydrogen-bond acceptors (Lipinski definition) is 10. The second-order valence-corrected chi connectivity index (χ2v) is 11.7. The lowest BCUT2D eigenvalue weighted by atomic mass is 10.0. The summed E-state index contributed by atoms with van der Waals surface area (Å²) in [6.45, 7) is 4.96. The van der Waals surface area contributed by atoms with E-state index in [1.807, 2.05) is 30.3 Å². The number of piperazine rings is 1. The van der Waals surface area contributed by atoms with Crippen molar-refractivity contribution >= 4 is 33.6 Å². The maximum Gasteiger partial charge on any atom is 0.339 e. The van der Waals surface area contributed by atoms with Crippen LogP contribution in [0.25, 0.3) is 0 Å². The van der Waals surface area contributed by atoms with Crippen molar-refractivity contribution < 1.29 is 28.9 Å². The summed E-state index contributed by atoms with van der Waals surface area (Å²) in [5, 5.41) is 28.8. The van der Waals surface area contributed by atoms with Crippen LogP contribution in [0.5, 0.6) is 0 Å². The molecule has 2 saturated heterocycles. The van der Waals surface area contributed by atoms with Gasteiger partial charge in [0, 0.05) is 49.3 Å². The van der Waals surface area contributed by atoms with Crippen molar-refractivity contribution in [2.75, 3.05) is 58.5 Å². The maximum absolute atomic E-state index is 11.7.